The molecule has 2 saturated heterocycles. The molecule has 4 fully saturated rings. The molecular weight excluding hydrogens is 384 g/mol. The van der Waals surface area contributed by atoms with E-state index in [4.69, 9.17) is 0 Å². The van der Waals surface area contributed by atoms with Crippen LogP contribution in [0.4, 0.5) is 4.79 Å². The number of hydrogen-bond acceptors (Lipinski definition) is 4. The number of carbonyl (C=O) groups is 4. The second-order valence-corrected chi connectivity index (χ2v) is 9.49. The van der Waals surface area contributed by atoms with Crippen molar-refractivity contribution >= 4 is 23.8 Å². The largest absolute Gasteiger partial charge is 0.335 e. The maximum Gasteiger partial charge on any atom is 0.315 e. The number of amides is 5. The molecule has 5 amide bonds. The summed E-state index contributed by atoms with van der Waals surface area (Å²) in [6, 6.07) is -1.59. The molecule has 0 bridgehead atoms. The van der Waals surface area contributed by atoms with E-state index in [9.17, 15) is 19.2 Å². The van der Waals surface area contributed by atoms with Crippen molar-refractivity contribution in [2.24, 2.45) is 17.3 Å². The van der Waals surface area contributed by atoms with Gasteiger partial charge < -0.3 is 15.5 Å². The fraction of sp³-hybridized carbons (Fsp3) is 0.727. The zero-order valence-corrected chi connectivity index (χ0v) is 17.9. The van der Waals surface area contributed by atoms with Crippen molar-refractivity contribution in [3.8, 4) is 0 Å². The molecule has 164 valence electrons. The third kappa shape index (κ3) is 3.20. The van der Waals surface area contributed by atoms with Crippen LogP contribution >= 0.6 is 0 Å². The molecule has 2 N–H and O–H groups in total. The number of fused-ring (bicyclic) bond motifs is 2. The minimum absolute atomic E-state index is 0.0202. The van der Waals surface area contributed by atoms with Gasteiger partial charge in [-0.15, -0.1) is 6.58 Å². The summed E-state index contributed by atoms with van der Waals surface area (Å²) in [7, 11) is 0. The van der Waals surface area contributed by atoms with E-state index in [0.717, 1.165) is 32.1 Å². The van der Waals surface area contributed by atoms with Crippen molar-refractivity contribution in [2.45, 2.75) is 70.5 Å². The molecule has 2 aliphatic carbocycles. The Morgan fingerprint density at radius 2 is 1.93 bits per heavy atom. The first-order valence-corrected chi connectivity index (χ1v) is 11.1. The number of urea groups is 1. The number of hydrogen-bond donors (Lipinski definition) is 2. The van der Waals surface area contributed by atoms with Crippen LogP contribution in [0, 0.1) is 17.3 Å². The van der Waals surface area contributed by atoms with Crippen molar-refractivity contribution < 1.29 is 19.2 Å². The standard InChI is InChI=1S/C22H32N4O4/c1-4-11-23-21(30)24-16(13(2)3)19(28)25-12-8-15-17(25)22(9-5-10-22)20(29)26(15)18(27)14-6-7-14/h4,13-17H,1,5-12H2,2-3H3,(H2,23,24,30)/t15-,16-,17-/m0/s1. The van der Waals surface area contributed by atoms with Crippen LogP contribution in [-0.2, 0) is 14.4 Å². The summed E-state index contributed by atoms with van der Waals surface area (Å²) in [5, 5.41) is 5.44. The minimum atomic E-state index is -0.686. The van der Waals surface area contributed by atoms with E-state index in [1.54, 1.807) is 11.0 Å². The smallest absolute Gasteiger partial charge is 0.315 e. The summed E-state index contributed by atoms with van der Waals surface area (Å²) >= 11 is 0. The van der Waals surface area contributed by atoms with Crippen molar-refractivity contribution in [3.63, 3.8) is 0 Å². The Kier molecular flexibility index (Phi) is 5.36. The predicted octanol–water partition coefficient (Wildman–Crippen LogP) is 1.41. The van der Waals surface area contributed by atoms with Gasteiger partial charge in [-0.3, -0.25) is 19.3 Å². The normalized spacial score (nSPS) is 27.6. The summed E-state index contributed by atoms with van der Waals surface area (Å²) in [4.78, 5) is 55.3. The van der Waals surface area contributed by atoms with E-state index in [-0.39, 0.29) is 41.6 Å². The molecule has 0 radical (unpaired) electrons. The van der Waals surface area contributed by atoms with Crippen LogP contribution in [-0.4, -0.2) is 64.8 Å². The molecular formula is C22H32N4O4. The molecule has 8 nitrogen and oxygen atoms in total. The van der Waals surface area contributed by atoms with Crippen LogP contribution in [0.3, 0.4) is 0 Å². The van der Waals surface area contributed by atoms with E-state index >= 15 is 0 Å². The van der Waals surface area contributed by atoms with Gasteiger partial charge in [0.05, 0.1) is 17.5 Å². The molecule has 0 aromatic heterocycles. The van der Waals surface area contributed by atoms with Gasteiger partial charge in [0.15, 0.2) is 0 Å². The van der Waals surface area contributed by atoms with E-state index in [1.165, 1.54) is 4.90 Å². The fourth-order valence-corrected chi connectivity index (χ4v) is 5.38. The van der Waals surface area contributed by atoms with Gasteiger partial charge >= 0.3 is 6.03 Å². The van der Waals surface area contributed by atoms with Gasteiger partial charge in [0.1, 0.15) is 6.04 Å². The van der Waals surface area contributed by atoms with Gasteiger partial charge in [-0.1, -0.05) is 26.3 Å². The highest BCUT2D eigenvalue weighted by atomic mass is 16.2. The molecule has 2 saturated carbocycles. The van der Waals surface area contributed by atoms with Gasteiger partial charge in [0.25, 0.3) is 0 Å². The average Bonchev–Trinajstić information content (AvgIpc) is 3.38. The minimum Gasteiger partial charge on any atom is -0.335 e. The van der Waals surface area contributed by atoms with Crippen LogP contribution in [0.15, 0.2) is 12.7 Å². The van der Waals surface area contributed by atoms with E-state index in [0.29, 0.717) is 19.5 Å². The topological polar surface area (TPSA) is 98.8 Å². The van der Waals surface area contributed by atoms with Gasteiger partial charge in [0, 0.05) is 19.0 Å². The van der Waals surface area contributed by atoms with Crippen molar-refractivity contribution in [2.75, 3.05) is 13.1 Å². The third-order valence-corrected chi connectivity index (χ3v) is 7.23. The molecule has 2 aliphatic heterocycles. The summed E-state index contributed by atoms with van der Waals surface area (Å²) in [5.41, 5.74) is -0.617. The number of likely N-dealkylation sites (tertiary alicyclic amines) is 2. The number of rotatable bonds is 6. The van der Waals surface area contributed by atoms with Crippen LogP contribution in [0.5, 0.6) is 0 Å². The lowest BCUT2D eigenvalue weighted by Gasteiger charge is -2.44. The first-order chi connectivity index (χ1) is 14.3. The second kappa shape index (κ2) is 7.71. The van der Waals surface area contributed by atoms with E-state index in [1.807, 2.05) is 13.8 Å². The Bertz CT molecular complexity index is 771. The molecule has 30 heavy (non-hydrogen) atoms. The molecule has 1 spiro atoms. The number of nitrogens with one attached hydrogen (secondary N) is 2. The lowest BCUT2D eigenvalue weighted by atomic mass is 9.64. The highest BCUT2D eigenvalue weighted by molar-refractivity contribution is 6.04. The van der Waals surface area contributed by atoms with Gasteiger partial charge in [-0.05, 0) is 38.0 Å². The highest BCUT2D eigenvalue weighted by Gasteiger charge is 2.68. The van der Waals surface area contributed by atoms with Crippen molar-refractivity contribution in [3.05, 3.63) is 12.7 Å². The molecule has 0 aromatic carbocycles. The van der Waals surface area contributed by atoms with Gasteiger partial charge in [-0.2, -0.15) is 0 Å². The van der Waals surface area contributed by atoms with Gasteiger partial charge in [0.2, 0.25) is 17.7 Å². The molecule has 0 unspecified atom stereocenters. The molecule has 8 heteroatoms. The maximum absolute atomic E-state index is 13.5. The quantitative estimate of drug-likeness (QED) is 0.505. The van der Waals surface area contributed by atoms with Crippen LogP contribution in [0.1, 0.15) is 52.4 Å². The molecule has 3 atom stereocenters. The molecule has 0 aromatic rings. The first kappa shape index (κ1) is 20.9. The SMILES string of the molecule is C=CCNC(=O)N[C@H](C(=O)N1CC[C@H]2[C@H]1C1(CCC1)C(=O)N2C(=O)C1CC1)C(C)C. The predicted molar refractivity (Wildman–Crippen MR) is 110 cm³/mol. The zero-order chi connectivity index (χ0) is 21.6. The monoisotopic (exact) mass is 416 g/mol. The van der Waals surface area contributed by atoms with E-state index < -0.39 is 17.5 Å². The molecule has 2 heterocycles. The number of imide groups is 1. The van der Waals surface area contributed by atoms with Crippen LogP contribution in [0.25, 0.3) is 0 Å². The van der Waals surface area contributed by atoms with Crippen LogP contribution in [0.2, 0.25) is 0 Å². The zero-order valence-electron chi connectivity index (χ0n) is 17.9. The maximum atomic E-state index is 13.5. The summed E-state index contributed by atoms with van der Waals surface area (Å²) in [6.45, 7) is 8.19. The molecule has 4 rings (SSSR count). The Morgan fingerprint density at radius 1 is 1.23 bits per heavy atom. The Morgan fingerprint density at radius 3 is 2.47 bits per heavy atom. The average molecular weight is 417 g/mol. The summed E-state index contributed by atoms with van der Waals surface area (Å²) in [6.07, 6.45) is 6.31. The number of carbonyl (C=O) groups excluding carboxylic acids is 4. The fourth-order valence-electron chi connectivity index (χ4n) is 5.38. The van der Waals surface area contributed by atoms with E-state index in [2.05, 4.69) is 17.2 Å². The highest BCUT2D eigenvalue weighted by Crippen LogP contribution is 2.56. The lowest BCUT2D eigenvalue weighted by molar-refractivity contribution is -0.152. The molecule has 4 aliphatic rings. The summed E-state index contributed by atoms with van der Waals surface area (Å²) in [5.74, 6) is -0.407. The van der Waals surface area contributed by atoms with Crippen molar-refractivity contribution in [1.29, 1.82) is 0 Å². The Balaban J connectivity index is 1.56. The Labute approximate surface area is 177 Å². The lowest BCUT2D eigenvalue weighted by Crippen LogP contribution is -2.59. The van der Waals surface area contributed by atoms with Gasteiger partial charge in [-0.25, -0.2) is 4.79 Å². The Hall–Kier alpha value is -2.38. The third-order valence-electron chi connectivity index (χ3n) is 7.23. The number of nitrogens with zero attached hydrogens (tertiary/aromatic N) is 2. The second-order valence-electron chi connectivity index (χ2n) is 9.49. The van der Waals surface area contributed by atoms with Crippen LogP contribution < -0.4 is 10.6 Å². The summed E-state index contributed by atoms with van der Waals surface area (Å²) < 4.78 is 0. The van der Waals surface area contributed by atoms with Crippen molar-refractivity contribution in [1.82, 2.24) is 20.4 Å². The first-order valence-electron chi connectivity index (χ1n) is 11.1.